The molecular weight excluding hydrogens is 304 g/mol. The zero-order valence-electron chi connectivity index (χ0n) is 13.9. The van der Waals surface area contributed by atoms with E-state index in [1.165, 1.54) is 0 Å². The fourth-order valence-electron chi connectivity index (χ4n) is 3.05. The van der Waals surface area contributed by atoms with Crippen molar-refractivity contribution in [3.05, 3.63) is 59.7 Å². The molecule has 1 atom stereocenters. The van der Waals surface area contributed by atoms with Crippen molar-refractivity contribution < 1.29 is 14.7 Å². The fourth-order valence-corrected chi connectivity index (χ4v) is 3.05. The van der Waals surface area contributed by atoms with Crippen LogP contribution in [0.3, 0.4) is 0 Å². The molecule has 3 rings (SSSR count). The SMILES string of the molecule is CC(C)[C@@H]1COc2cc(C(=O)NO)ccc2CN1c1ccccc1. The summed E-state index contributed by atoms with van der Waals surface area (Å²) in [7, 11) is 0. The maximum Gasteiger partial charge on any atom is 0.274 e. The van der Waals surface area contributed by atoms with Gasteiger partial charge in [0.2, 0.25) is 0 Å². The molecule has 2 N–H and O–H groups in total. The van der Waals surface area contributed by atoms with Crippen LogP contribution in [-0.4, -0.2) is 23.8 Å². The van der Waals surface area contributed by atoms with Gasteiger partial charge in [0.1, 0.15) is 12.4 Å². The molecule has 0 unspecified atom stereocenters. The van der Waals surface area contributed by atoms with Gasteiger partial charge >= 0.3 is 0 Å². The first-order chi connectivity index (χ1) is 11.6. The van der Waals surface area contributed by atoms with Crippen LogP contribution >= 0.6 is 0 Å². The molecule has 5 nitrogen and oxygen atoms in total. The Balaban J connectivity index is 1.97. The highest BCUT2D eigenvalue weighted by molar-refractivity contribution is 5.93. The summed E-state index contributed by atoms with van der Waals surface area (Å²) in [5.41, 5.74) is 4.22. The lowest BCUT2D eigenvalue weighted by Crippen LogP contribution is -2.41. The molecule has 1 aliphatic rings. The quantitative estimate of drug-likeness (QED) is 0.671. The summed E-state index contributed by atoms with van der Waals surface area (Å²) in [5.74, 6) is 0.575. The van der Waals surface area contributed by atoms with Gasteiger partial charge in [0.15, 0.2) is 0 Å². The molecule has 0 radical (unpaired) electrons. The highest BCUT2D eigenvalue weighted by atomic mass is 16.5. The molecule has 0 aliphatic carbocycles. The average molecular weight is 326 g/mol. The molecule has 0 spiro atoms. The smallest absolute Gasteiger partial charge is 0.274 e. The Morgan fingerprint density at radius 2 is 2.00 bits per heavy atom. The van der Waals surface area contributed by atoms with Crippen LogP contribution in [0.1, 0.15) is 29.8 Å². The summed E-state index contributed by atoms with van der Waals surface area (Å²) in [6.07, 6.45) is 0. The second-order valence-corrected chi connectivity index (χ2v) is 6.35. The van der Waals surface area contributed by atoms with Crippen molar-refractivity contribution >= 4 is 11.6 Å². The molecule has 2 aromatic rings. The van der Waals surface area contributed by atoms with Crippen LogP contribution in [-0.2, 0) is 6.54 Å². The number of nitrogens with zero attached hydrogens (tertiary/aromatic N) is 1. The van der Waals surface area contributed by atoms with Crippen LogP contribution in [0.15, 0.2) is 48.5 Å². The minimum absolute atomic E-state index is 0.231. The van der Waals surface area contributed by atoms with Crippen LogP contribution in [0, 0.1) is 5.92 Å². The van der Waals surface area contributed by atoms with Crippen LogP contribution in [0.4, 0.5) is 5.69 Å². The van der Waals surface area contributed by atoms with Gasteiger partial charge < -0.3 is 9.64 Å². The Morgan fingerprint density at radius 1 is 1.25 bits per heavy atom. The first-order valence-corrected chi connectivity index (χ1v) is 8.12. The van der Waals surface area contributed by atoms with Crippen molar-refractivity contribution in [1.82, 2.24) is 5.48 Å². The van der Waals surface area contributed by atoms with Gasteiger partial charge in [-0.25, -0.2) is 5.48 Å². The van der Waals surface area contributed by atoms with Gasteiger partial charge in [0, 0.05) is 23.4 Å². The predicted octanol–water partition coefficient (Wildman–Crippen LogP) is 3.23. The fraction of sp³-hybridized carbons (Fsp3) is 0.316. The van der Waals surface area contributed by atoms with E-state index in [1.54, 1.807) is 17.6 Å². The van der Waals surface area contributed by atoms with E-state index < -0.39 is 5.91 Å². The van der Waals surface area contributed by atoms with E-state index in [2.05, 4.69) is 30.9 Å². The molecule has 1 heterocycles. The number of anilines is 1. The molecule has 0 saturated heterocycles. The highest BCUT2D eigenvalue weighted by Crippen LogP contribution is 2.31. The summed E-state index contributed by atoms with van der Waals surface area (Å²) in [6.45, 7) is 5.63. The number of rotatable bonds is 3. The lowest BCUT2D eigenvalue weighted by atomic mass is 10.0. The molecule has 0 aromatic heterocycles. The van der Waals surface area contributed by atoms with E-state index in [9.17, 15) is 4.79 Å². The number of hydrogen-bond acceptors (Lipinski definition) is 4. The van der Waals surface area contributed by atoms with Crippen LogP contribution in [0.5, 0.6) is 5.75 Å². The standard InChI is InChI=1S/C19H22N2O3/c1-13(2)17-12-24-18-10-14(19(22)20-23)8-9-15(18)11-21(17)16-6-4-3-5-7-16/h3-10,13,17,23H,11-12H2,1-2H3,(H,20,22)/t17-/m0/s1. The van der Waals surface area contributed by atoms with Crippen LogP contribution in [0.2, 0.25) is 0 Å². The first kappa shape index (κ1) is 16.3. The minimum atomic E-state index is -0.536. The van der Waals surface area contributed by atoms with Crippen LogP contribution < -0.4 is 15.1 Å². The van der Waals surface area contributed by atoms with Gasteiger partial charge in [-0.15, -0.1) is 0 Å². The molecule has 1 aliphatic heterocycles. The molecule has 0 saturated carbocycles. The van der Waals surface area contributed by atoms with E-state index in [0.29, 0.717) is 30.4 Å². The number of amides is 1. The molecule has 0 fully saturated rings. The van der Waals surface area contributed by atoms with E-state index in [1.807, 2.05) is 24.3 Å². The normalized spacial score (nSPS) is 17.0. The van der Waals surface area contributed by atoms with Crippen LogP contribution in [0.25, 0.3) is 0 Å². The number of fused-ring (bicyclic) bond motifs is 1. The predicted molar refractivity (Wildman–Crippen MR) is 92.4 cm³/mol. The number of para-hydroxylation sites is 1. The van der Waals surface area contributed by atoms with Gasteiger partial charge in [-0.2, -0.15) is 0 Å². The molecule has 5 heteroatoms. The largest absolute Gasteiger partial charge is 0.491 e. The lowest BCUT2D eigenvalue weighted by Gasteiger charge is -2.34. The Labute approximate surface area is 141 Å². The van der Waals surface area contributed by atoms with Crippen molar-refractivity contribution in [1.29, 1.82) is 0 Å². The van der Waals surface area contributed by atoms with Gasteiger partial charge in [-0.3, -0.25) is 10.0 Å². The zero-order chi connectivity index (χ0) is 17.1. The van der Waals surface area contributed by atoms with Gasteiger partial charge in [0.25, 0.3) is 5.91 Å². The molecule has 2 aromatic carbocycles. The summed E-state index contributed by atoms with van der Waals surface area (Å²) in [4.78, 5) is 14.0. The van der Waals surface area contributed by atoms with Crippen molar-refractivity contribution in [2.75, 3.05) is 11.5 Å². The third-order valence-corrected chi connectivity index (χ3v) is 4.44. The number of ether oxygens (including phenoxy) is 1. The Morgan fingerprint density at radius 3 is 2.67 bits per heavy atom. The summed E-state index contributed by atoms with van der Waals surface area (Å²) < 4.78 is 6.01. The molecule has 126 valence electrons. The summed E-state index contributed by atoms with van der Waals surface area (Å²) in [6, 6.07) is 15.8. The Bertz CT molecular complexity index is 716. The monoisotopic (exact) mass is 326 g/mol. The molecule has 1 amide bonds. The molecular formula is C19H22N2O3. The van der Waals surface area contributed by atoms with E-state index in [0.717, 1.165) is 11.3 Å². The number of carbonyl (C=O) groups is 1. The zero-order valence-corrected chi connectivity index (χ0v) is 13.9. The molecule has 24 heavy (non-hydrogen) atoms. The third-order valence-electron chi connectivity index (χ3n) is 4.44. The van der Waals surface area contributed by atoms with E-state index in [4.69, 9.17) is 9.94 Å². The van der Waals surface area contributed by atoms with Crippen molar-refractivity contribution in [3.8, 4) is 5.75 Å². The maximum absolute atomic E-state index is 11.6. The second kappa shape index (κ2) is 6.93. The topological polar surface area (TPSA) is 61.8 Å². The summed E-state index contributed by atoms with van der Waals surface area (Å²) in [5, 5.41) is 8.80. The lowest BCUT2D eigenvalue weighted by molar-refractivity contribution is 0.0706. The van der Waals surface area contributed by atoms with Gasteiger partial charge in [-0.1, -0.05) is 38.1 Å². The van der Waals surface area contributed by atoms with Gasteiger partial charge in [0.05, 0.1) is 6.04 Å². The Kier molecular flexibility index (Phi) is 4.71. The van der Waals surface area contributed by atoms with Crippen molar-refractivity contribution in [3.63, 3.8) is 0 Å². The van der Waals surface area contributed by atoms with E-state index >= 15 is 0 Å². The molecule has 0 bridgehead atoms. The minimum Gasteiger partial charge on any atom is -0.491 e. The summed E-state index contributed by atoms with van der Waals surface area (Å²) >= 11 is 0. The Hall–Kier alpha value is -2.53. The average Bonchev–Trinajstić information content (AvgIpc) is 2.80. The first-order valence-electron chi connectivity index (χ1n) is 8.12. The number of nitrogens with one attached hydrogen (secondary N) is 1. The van der Waals surface area contributed by atoms with Crippen molar-refractivity contribution in [2.24, 2.45) is 5.92 Å². The van der Waals surface area contributed by atoms with Gasteiger partial charge in [-0.05, 0) is 30.2 Å². The maximum atomic E-state index is 11.6. The van der Waals surface area contributed by atoms with Crippen molar-refractivity contribution in [2.45, 2.75) is 26.4 Å². The number of benzene rings is 2. The number of carbonyl (C=O) groups excluding carboxylic acids is 1. The van der Waals surface area contributed by atoms with E-state index in [-0.39, 0.29) is 6.04 Å². The third kappa shape index (κ3) is 3.21. The second-order valence-electron chi connectivity index (χ2n) is 6.35. The highest BCUT2D eigenvalue weighted by Gasteiger charge is 2.28. The number of hydroxylamine groups is 1. The number of hydrogen-bond donors (Lipinski definition) is 2.